The number of carbonyl (C=O) groups excluding carboxylic acids is 2. The second-order valence-corrected chi connectivity index (χ2v) is 6.27. The molecule has 3 aromatic rings. The van der Waals surface area contributed by atoms with Crippen molar-refractivity contribution in [3.8, 4) is 16.9 Å². The number of carbonyl (C=O) groups is 2. The number of alkyl halides is 1. The summed E-state index contributed by atoms with van der Waals surface area (Å²) in [6.07, 6.45) is 0. The molecule has 0 aliphatic rings. The van der Waals surface area contributed by atoms with E-state index in [0.29, 0.717) is 16.6 Å². The van der Waals surface area contributed by atoms with Gasteiger partial charge < -0.3 is 9.47 Å². The molecule has 0 atom stereocenters. The Bertz CT molecular complexity index is 1030. The molecule has 0 fully saturated rings. The third kappa shape index (κ3) is 3.43. The zero-order chi connectivity index (χ0) is 20.3. The Morgan fingerprint density at radius 3 is 2.32 bits per heavy atom. The fourth-order valence-corrected chi connectivity index (χ4v) is 3.34. The van der Waals surface area contributed by atoms with Gasteiger partial charge in [-0.05, 0) is 23.8 Å². The van der Waals surface area contributed by atoms with E-state index in [-0.39, 0.29) is 22.5 Å². The highest BCUT2D eigenvalue weighted by molar-refractivity contribution is 9.08. The van der Waals surface area contributed by atoms with Gasteiger partial charge in [-0.2, -0.15) is 5.10 Å². The number of halogens is 2. The Hall–Kier alpha value is -3.00. The minimum Gasteiger partial charge on any atom is -0.465 e. The fourth-order valence-electron chi connectivity index (χ4n) is 2.88. The number of nitrogens with zero attached hydrogens (tertiary/aromatic N) is 2. The zero-order valence-corrected chi connectivity index (χ0v) is 16.7. The predicted octanol–water partition coefficient (Wildman–Crippen LogP) is 4.15. The summed E-state index contributed by atoms with van der Waals surface area (Å²) in [4.78, 5) is 25.1. The molecule has 6 nitrogen and oxygen atoms in total. The van der Waals surface area contributed by atoms with Crippen molar-refractivity contribution in [2.24, 2.45) is 0 Å². The molecule has 0 saturated carbocycles. The Balaban J connectivity index is 2.43. The Kier molecular flexibility index (Phi) is 5.89. The summed E-state index contributed by atoms with van der Waals surface area (Å²) < 4.78 is 25.7. The second kappa shape index (κ2) is 8.35. The first-order valence-electron chi connectivity index (χ1n) is 8.22. The summed E-state index contributed by atoms with van der Waals surface area (Å²) in [5, 5.41) is 4.74. The molecule has 28 heavy (non-hydrogen) atoms. The number of esters is 2. The SMILES string of the molecule is COC(=O)c1c(-c2c(F)cccc2CBr)nn(-c2ccccc2)c1C(=O)OC. The van der Waals surface area contributed by atoms with Crippen molar-refractivity contribution in [2.75, 3.05) is 14.2 Å². The maximum atomic E-state index is 14.8. The van der Waals surface area contributed by atoms with E-state index in [1.807, 2.05) is 0 Å². The molecular formula is C20H16BrFN2O4. The van der Waals surface area contributed by atoms with Gasteiger partial charge in [-0.25, -0.2) is 18.7 Å². The maximum absolute atomic E-state index is 14.8. The molecule has 0 unspecified atom stereocenters. The average molecular weight is 447 g/mol. The third-order valence-electron chi connectivity index (χ3n) is 4.14. The van der Waals surface area contributed by atoms with Crippen LogP contribution in [0.15, 0.2) is 48.5 Å². The lowest BCUT2D eigenvalue weighted by atomic mass is 10.0. The molecule has 0 saturated heterocycles. The Morgan fingerprint density at radius 1 is 1.04 bits per heavy atom. The fraction of sp³-hybridized carbons (Fsp3) is 0.150. The van der Waals surface area contributed by atoms with E-state index in [1.54, 1.807) is 42.5 Å². The standard InChI is InChI=1S/C20H16BrFN2O4/c1-27-19(25)16-17(15-12(11-21)7-6-10-14(15)22)23-24(18(16)20(26)28-2)13-8-4-3-5-9-13/h3-10H,11H2,1-2H3. The Labute approximate surface area is 169 Å². The van der Waals surface area contributed by atoms with Crippen LogP contribution in [0.25, 0.3) is 16.9 Å². The van der Waals surface area contributed by atoms with Gasteiger partial charge in [-0.1, -0.05) is 46.3 Å². The number of hydrogen-bond donors (Lipinski definition) is 0. The van der Waals surface area contributed by atoms with Gasteiger partial charge >= 0.3 is 11.9 Å². The summed E-state index contributed by atoms with van der Waals surface area (Å²) in [6.45, 7) is 0. The second-order valence-electron chi connectivity index (χ2n) is 5.71. The van der Waals surface area contributed by atoms with E-state index >= 15 is 0 Å². The normalized spacial score (nSPS) is 10.6. The van der Waals surface area contributed by atoms with Crippen LogP contribution >= 0.6 is 15.9 Å². The minimum absolute atomic E-state index is 0.00338. The van der Waals surface area contributed by atoms with Crippen LogP contribution in [0.2, 0.25) is 0 Å². The molecule has 0 aliphatic carbocycles. The smallest absolute Gasteiger partial charge is 0.357 e. The first-order chi connectivity index (χ1) is 13.5. The van der Waals surface area contributed by atoms with E-state index < -0.39 is 17.8 Å². The topological polar surface area (TPSA) is 70.4 Å². The van der Waals surface area contributed by atoms with Crippen LogP contribution in [0, 0.1) is 5.82 Å². The van der Waals surface area contributed by atoms with Gasteiger partial charge in [-0.15, -0.1) is 0 Å². The largest absolute Gasteiger partial charge is 0.465 e. The molecule has 0 N–H and O–H groups in total. The number of benzene rings is 2. The molecule has 1 aromatic heterocycles. The monoisotopic (exact) mass is 446 g/mol. The van der Waals surface area contributed by atoms with Gasteiger partial charge in [0.25, 0.3) is 0 Å². The number of ether oxygens (including phenoxy) is 2. The number of aromatic nitrogens is 2. The van der Waals surface area contributed by atoms with Crippen LogP contribution < -0.4 is 0 Å². The minimum atomic E-state index is -0.818. The zero-order valence-electron chi connectivity index (χ0n) is 15.1. The van der Waals surface area contributed by atoms with Crippen molar-refractivity contribution in [1.82, 2.24) is 9.78 Å². The van der Waals surface area contributed by atoms with Gasteiger partial charge in [0.15, 0.2) is 5.69 Å². The van der Waals surface area contributed by atoms with E-state index in [2.05, 4.69) is 21.0 Å². The van der Waals surface area contributed by atoms with E-state index in [1.165, 1.54) is 25.0 Å². The van der Waals surface area contributed by atoms with Crippen LogP contribution in [0.1, 0.15) is 26.4 Å². The lowest BCUT2D eigenvalue weighted by Gasteiger charge is -2.08. The summed E-state index contributed by atoms with van der Waals surface area (Å²) in [5.74, 6) is -2.18. The lowest BCUT2D eigenvalue weighted by Crippen LogP contribution is -2.15. The van der Waals surface area contributed by atoms with Crippen molar-refractivity contribution in [3.05, 3.63) is 71.2 Å². The molecule has 8 heteroatoms. The third-order valence-corrected chi connectivity index (χ3v) is 4.74. The highest BCUT2D eigenvalue weighted by Crippen LogP contribution is 2.34. The van der Waals surface area contributed by atoms with Crippen LogP contribution in [0.5, 0.6) is 0 Å². The van der Waals surface area contributed by atoms with Crippen LogP contribution in [-0.2, 0) is 14.8 Å². The van der Waals surface area contributed by atoms with Gasteiger partial charge in [0.2, 0.25) is 0 Å². The van der Waals surface area contributed by atoms with E-state index in [9.17, 15) is 14.0 Å². The molecule has 0 spiro atoms. The van der Waals surface area contributed by atoms with Crippen molar-refractivity contribution in [1.29, 1.82) is 0 Å². The molecule has 3 rings (SSSR count). The summed E-state index contributed by atoms with van der Waals surface area (Å²) in [7, 11) is 2.37. The summed E-state index contributed by atoms with van der Waals surface area (Å²) >= 11 is 3.32. The van der Waals surface area contributed by atoms with Gasteiger partial charge in [0, 0.05) is 10.9 Å². The molecule has 0 radical (unpaired) electrons. The lowest BCUT2D eigenvalue weighted by molar-refractivity contribution is 0.0549. The van der Waals surface area contributed by atoms with Gasteiger partial charge in [0.1, 0.15) is 17.1 Å². The molecule has 0 amide bonds. The summed E-state index contributed by atoms with van der Waals surface area (Å²) in [5.41, 5.74) is 0.892. The van der Waals surface area contributed by atoms with Crippen LogP contribution in [0.3, 0.4) is 0 Å². The highest BCUT2D eigenvalue weighted by atomic mass is 79.9. The van der Waals surface area contributed by atoms with E-state index in [4.69, 9.17) is 9.47 Å². The van der Waals surface area contributed by atoms with Crippen LogP contribution in [0.4, 0.5) is 4.39 Å². The summed E-state index contributed by atoms with van der Waals surface area (Å²) in [6, 6.07) is 13.2. The highest BCUT2D eigenvalue weighted by Gasteiger charge is 2.33. The molecule has 0 aliphatic heterocycles. The van der Waals surface area contributed by atoms with Crippen molar-refractivity contribution < 1.29 is 23.5 Å². The first kappa shape index (κ1) is 19.8. The van der Waals surface area contributed by atoms with E-state index in [0.717, 1.165) is 0 Å². The first-order valence-corrected chi connectivity index (χ1v) is 9.34. The molecule has 1 heterocycles. The number of para-hydroxylation sites is 1. The average Bonchev–Trinajstić information content (AvgIpc) is 3.13. The number of rotatable bonds is 5. The molecule has 0 bridgehead atoms. The maximum Gasteiger partial charge on any atom is 0.357 e. The quantitative estimate of drug-likeness (QED) is 0.434. The molecule has 2 aromatic carbocycles. The van der Waals surface area contributed by atoms with Crippen molar-refractivity contribution in [3.63, 3.8) is 0 Å². The predicted molar refractivity (Wildman–Crippen MR) is 104 cm³/mol. The number of hydrogen-bond acceptors (Lipinski definition) is 5. The Morgan fingerprint density at radius 2 is 1.71 bits per heavy atom. The van der Waals surface area contributed by atoms with Crippen LogP contribution in [-0.4, -0.2) is 35.9 Å². The number of methoxy groups -OCH3 is 2. The van der Waals surface area contributed by atoms with Gasteiger partial charge in [0.05, 0.1) is 19.9 Å². The van der Waals surface area contributed by atoms with Crippen molar-refractivity contribution in [2.45, 2.75) is 5.33 Å². The van der Waals surface area contributed by atoms with Crippen molar-refractivity contribution >= 4 is 27.9 Å². The molecule has 144 valence electrons. The molecular weight excluding hydrogens is 431 g/mol. The van der Waals surface area contributed by atoms with Gasteiger partial charge in [-0.3, -0.25) is 0 Å².